The molecule has 0 fully saturated rings. The SMILES string of the molecule is COc1ccc(Cl)c(NC(=O)c2cc(N)ccc2Br)c1. The number of ether oxygens (including phenoxy) is 1. The number of hydrogen-bond donors (Lipinski definition) is 2. The van der Waals surface area contributed by atoms with E-state index in [1.165, 1.54) is 0 Å². The van der Waals surface area contributed by atoms with Crippen molar-refractivity contribution in [3.63, 3.8) is 0 Å². The molecular weight excluding hydrogens is 344 g/mol. The third kappa shape index (κ3) is 3.23. The van der Waals surface area contributed by atoms with Gasteiger partial charge in [-0.15, -0.1) is 0 Å². The largest absolute Gasteiger partial charge is 0.497 e. The molecule has 0 saturated heterocycles. The monoisotopic (exact) mass is 354 g/mol. The highest BCUT2D eigenvalue weighted by molar-refractivity contribution is 9.10. The Bertz CT molecular complexity index is 662. The first-order valence-electron chi connectivity index (χ1n) is 5.71. The van der Waals surface area contributed by atoms with Crippen LogP contribution in [0.4, 0.5) is 11.4 Å². The number of halogens is 2. The van der Waals surface area contributed by atoms with Crippen LogP contribution in [-0.2, 0) is 0 Å². The fraction of sp³-hybridized carbons (Fsp3) is 0.0714. The number of methoxy groups -OCH3 is 1. The molecular formula is C14H12BrClN2O2. The van der Waals surface area contributed by atoms with Gasteiger partial charge in [-0.2, -0.15) is 0 Å². The summed E-state index contributed by atoms with van der Waals surface area (Å²) < 4.78 is 5.76. The Hall–Kier alpha value is -1.72. The zero-order valence-electron chi connectivity index (χ0n) is 10.6. The molecule has 0 heterocycles. The van der Waals surface area contributed by atoms with Crippen LogP contribution in [-0.4, -0.2) is 13.0 Å². The van der Waals surface area contributed by atoms with E-state index in [-0.39, 0.29) is 5.91 Å². The van der Waals surface area contributed by atoms with Gasteiger partial charge < -0.3 is 15.8 Å². The Morgan fingerprint density at radius 3 is 2.75 bits per heavy atom. The summed E-state index contributed by atoms with van der Waals surface area (Å²) in [6, 6.07) is 10.0. The Morgan fingerprint density at radius 2 is 2.05 bits per heavy atom. The fourth-order valence-electron chi connectivity index (χ4n) is 1.63. The number of nitrogens with one attached hydrogen (secondary N) is 1. The zero-order chi connectivity index (χ0) is 14.7. The van der Waals surface area contributed by atoms with Crippen LogP contribution in [0.1, 0.15) is 10.4 Å². The normalized spacial score (nSPS) is 10.2. The predicted molar refractivity (Wildman–Crippen MR) is 84.5 cm³/mol. The molecule has 0 unspecified atom stereocenters. The molecule has 1 amide bonds. The molecule has 0 radical (unpaired) electrons. The second-order valence-corrected chi connectivity index (χ2v) is 5.30. The third-order valence-corrected chi connectivity index (χ3v) is 3.68. The standard InChI is InChI=1S/C14H12BrClN2O2/c1-20-9-3-5-12(16)13(7-9)18-14(19)10-6-8(17)2-4-11(10)15/h2-7H,17H2,1H3,(H,18,19). The van der Waals surface area contributed by atoms with Crippen molar-refractivity contribution < 1.29 is 9.53 Å². The van der Waals surface area contributed by atoms with Gasteiger partial charge in [-0.05, 0) is 46.3 Å². The lowest BCUT2D eigenvalue weighted by Gasteiger charge is -2.10. The van der Waals surface area contributed by atoms with E-state index in [0.717, 1.165) is 0 Å². The van der Waals surface area contributed by atoms with Crippen molar-refractivity contribution >= 4 is 44.8 Å². The Labute approximate surface area is 130 Å². The number of amides is 1. The summed E-state index contributed by atoms with van der Waals surface area (Å²) in [6.07, 6.45) is 0. The molecule has 0 aromatic heterocycles. The summed E-state index contributed by atoms with van der Waals surface area (Å²) >= 11 is 9.37. The fourth-order valence-corrected chi connectivity index (χ4v) is 2.23. The summed E-state index contributed by atoms with van der Waals surface area (Å²) in [7, 11) is 1.54. The molecule has 0 spiro atoms. The average Bonchev–Trinajstić information content (AvgIpc) is 2.43. The van der Waals surface area contributed by atoms with Crippen LogP contribution in [0.2, 0.25) is 5.02 Å². The van der Waals surface area contributed by atoms with Gasteiger partial charge in [0.2, 0.25) is 0 Å². The van der Waals surface area contributed by atoms with Gasteiger partial charge >= 0.3 is 0 Å². The molecule has 4 nitrogen and oxygen atoms in total. The summed E-state index contributed by atoms with van der Waals surface area (Å²) in [4.78, 5) is 12.2. The number of nitrogens with two attached hydrogens (primary N) is 1. The van der Waals surface area contributed by atoms with E-state index in [4.69, 9.17) is 22.1 Å². The molecule has 104 valence electrons. The van der Waals surface area contributed by atoms with Crippen LogP contribution in [0.3, 0.4) is 0 Å². The highest BCUT2D eigenvalue weighted by Gasteiger charge is 2.13. The third-order valence-electron chi connectivity index (χ3n) is 2.66. The second-order valence-electron chi connectivity index (χ2n) is 4.04. The molecule has 3 N–H and O–H groups in total. The van der Waals surface area contributed by atoms with Crippen molar-refractivity contribution in [3.05, 3.63) is 51.5 Å². The highest BCUT2D eigenvalue weighted by Crippen LogP contribution is 2.28. The van der Waals surface area contributed by atoms with Gasteiger partial charge in [-0.3, -0.25) is 4.79 Å². The van der Waals surface area contributed by atoms with Gasteiger partial charge in [0, 0.05) is 16.2 Å². The maximum Gasteiger partial charge on any atom is 0.256 e. The van der Waals surface area contributed by atoms with Crippen LogP contribution in [0.5, 0.6) is 5.75 Å². The topological polar surface area (TPSA) is 64.3 Å². The van der Waals surface area contributed by atoms with Gasteiger partial charge in [0.15, 0.2) is 0 Å². The summed E-state index contributed by atoms with van der Waals surface area (Å²) in [5, 5.41) is 3.16. The average molecular weight is 356 g/mol. The molecule has 0 atom stereocenters. The molecule has 0 bridgehead atoms. The smallest absolute Gasteiger partial charge is 0.256 e. The van der Waals surface area contributed by atoms with Crippen molar-refractivity contribution in [2.24, 2.45) is 0 Å². The zero-order valence-corrected chi connectivity index (χ0v) is 13.0. The molecule has 2 aromatic rings. The quantitative estimate of drug-likeness (QED) is 0.820. The molecule has 20 heavy (non-hydrogen) atoms. The number of benzene rings is 2. The van der Waals surface area contributed by atoms with Gasteiger partial charge in [-0.1, -0.05) is 11.6 Å². The van der Waals surface area contributed by atoms with Gasteiger partial charge in [-0.25, -0.2) is 0 Å². The van der Waals surface area contributed by atoms with Crippen LogP contribution < -0.4 is 15.8 Å². The lowest BCUT2D eigenvalue weighted by atomic mass is 10.2. The molecule has 0 saturated carbocycles. The number of hydrogen-bond acceptors (Lipinski definition) is 3. The van der Waals surface area contributed by atoms with E-state index < -0.39 is 0 Å². The molecule has 0 aliphatic carbocycles. The van der Waals surface area contributed by atoms with Crippen molar-refractivity contribution in [3.8, 4) is 5.75 Å². The summed E-state index contributed by atoms with van der Waals surface area (Å²) in [5.41, 5.74) is 7.11. The number of carbonyl (C=O) groups is 1. The lowest BCUT2D eigenvalue weighted by Crippen LogP contribution is -2.13. The molecule has 0 aliphatic rings. The van der Waals surface area contributed by atoms with E-state index in [2.05, 4.69) is 21.2 Å². The number of carbonyl (C=O) groups excluding carboxylic acids is 1. The van der Waals surface area contributed by atoms with Crippen molar-refractivity contribution in [2.45, 2.75) is 0 Å². The van der Waals surface area contributed by atoms with Crippen molar-refractivity contribution in [2.75, 3.05) is 18.2 Å². The summed E-state index contributed by atoms with van der Waals surface area (Å²) in [6.45, 7) is 0. The van der Waals surface area contributed by atoms with Gasteiger partial charge in [0.05, 0.1) is 23.4 Å². The van der Waals surface area contributed by atoms with Gasteiger partial charge in [0.25, 0.3) is 5.91 Å². The van der Waals surface area contributed by atoms with Crippen LogP contribution in [0, 0.1) is 0 Å². The van der Waals surface area contributed by atoms with Crippen LogP contribution in [0.15, 0.2) is 40.9 Å². The predicted octanol–water partition coefficient (Wildman–Crippen LogP) is 3.95. The maximum absolute atomic E-state index is 12.2. The number of rotatable bonds is 3. The first-order chi connectivity index (χ1) is 9.51. The minimum Gasteiger partial charge on any atom is -0.497 e. The van der Waals surface area contributed by atoms with Gasteiger partial charge in [0.1, 0.15) is 5.75 Å². The first kappa shape index (κ1) is 14.7. The summed E-state index contributed by atoms with van der Waals surface area (Å²) in [5.74, 6) is 0.302. The van der Waals surface area contributed by atoms with Crippen molar-refractivity contribution in [1.82, 2.24) is 0 Å². The van der Waals surface area contributed by atoms with E-state index in [1.54, 1.807) is 43.5 Å². The minimum atomic E-state index is -0.306. The first-order valence-corrected chi connectivity index (χ1v) is 6.88. The molecule has 6 heteroatoms. The van der Waals surface area contributed by atoms with E-state index in [0.29, 0.717) is 32.2 Å². The maximum atomic E-state index is 12.2. The van der Waals surface area contributed by atoms with E-state index >= 15 is 0 Å². The molecule has 0 aliphatic heterocycles. The molecule has 2 rings (SSSR count). The van der Waals surface area contributed by atoms with Crippen LogP contribution >= 0.6 is 27.5 Å². The highest BCUT2D eigenvalue weighted by atomic mass is 79.9. The Kier molecular flexibility index (Phi) is 4.52. The Balaban J connectivity index is 2.30. The second kappa shape index (κ2) is 6.15. The number of nitrogen functional groups attached to an aromatic ring is 1. The minimum absolute atomic E-state index is 0.306. The van der Waals surface area contributed by atoms with Crippen molar-refractivity contribution in [1.29, 1.82) is 0 Å². The van der Waals surface area contributed by atoms with E-state index in [1.807, 2.05) is 0 Å². The molecule has 2 aromatic carbocycles. The number of anilines is 2. The van der Waals surface area contributed by atoms with E-state index in [9.17, 15) is 4.79 Å². The Morgan fingerprint density at radius 1 is 1.30 bits per heavy atom. The lowest BCUT2D eigenvalue weighted by molar-refractivity contribution is 0.102. The van der Waals surface area contributed by atoms with Crippen LogP contribution in [0.25, 0.3) is 0 Å².